The van der Waals surface area contributed by atoms with Crippen LogP contribution in [0.5, 0.6) is 17.2 Å². The molecule has 9 nitrogen and oxygen atoms in total. The number of carbonyl (C=O) groups excluding carboxylic acids is 2. The lowest BCUT2D eigenvalue weighted by atomic mass is 10.2. The number of nitrogens with zero attached hydrogens (tertiary/aromatic N) is 1. The molecule has 0 saturated heterocycles. The molecule has 1 aromatic heterocycles. The van der Waals surface area contributed by atoms with Crippen LogP contribution in [0.2, 0.25) is 0 Å². The largest absolute Gasteiger partial charge is 0.493 e. The minimum Gasteiger partial charge on any atom is -0.493 e. The molecular formula is C19H23N3O6. The first kappa shape index (κ1) is 21.0. The zero-order chi connectivity index (χ0) is 20.5. The van der Waals surface area contributed by atoms with Crippen molar-refractivity contribution in [3.63, 3.8) is 0 Å². The molecule has 0 aliphatic heterocycles. The average Bonchev–Trinajstić information content (AvgIpc) is 2.73. The number of hydrogen-bond acceptors (Lipinski definition) is 7. The van der Waals surface area contributed by atoms with E-state index < -0.39 is 5.91 Å². The molecule has 28 heavy (non-hydrogen) atoms. The molecule has 0 fully saturated rings. The van der Waals surface area contributed by atoms with Gasteiger partial charge in [0.25, 0.3) is 11.8 Å². The number of amides is 2. The minimum atomic E-state index is -0.485. The summed E-state index contributed by atoms with van der Waals surface area (Å²) in [6.07, 6.45) is 0. The van der Waals surface area contributed by atoms with Gasteiger partial charge in [-0.3, -0.25) is 9.59 Å². The molecule has 0 radical (unpaired) electrons. The van der Waals surface area contributed by atoms with Crippen molar-refractivity contribution < 1.29 is 28.5 Å². The van der Waals surface area contributed by atoms with Gasteiger partial charge in [-0.15, -0.1) is 0 Å². The summed E-state index contributed by atoms with van der Waals surface area (Å²) < 4.78 is 20.7. The van der Waals surface area contributed by atoms with Gasteiger partial charge in [0.05, 0.1) is 27.9 Å². The van der Waals surface area contributed by atoms with Gasteiger partial charge in [-0.2, -0.15) is 0 Å². The number of nitrogens with one attached hydrogen (secondary N) is 2. The zero-order valence-electron chi connectivity index (χ0n) is 16.2. The second-order valence-corrected chi connectivity index (χ2v) is 5.52. The standard InChI is InChI=1S/C19H23N3O6/c1-25-9-8-20-18(23)13-6-5-7-14(22-13)19(24)21-12-10-15(26-2)17(28-4)16(11-12)27-3/h5-7,10-11H,8-9H2,1-4H3,(H,20,23)(H,21,24). The van der Waals surface area contributed by atoms with Crippen molar-refractivity contribution in [2.75, 3.05) is 46.9 Å². The van der Waals surface area contributed by atoms with Crippen LogP contribution in [0.4, 0.5) is 5.69 Å². The van der Waals surface area contributed by atoms with Gasteiger partial charge < -0.3 is 29.6 Å². The molecule has 1 aromatic carbocycles. The number of aromatic nitrogens is 1. The summed E-state index contributed by atoms with van der Waals surface area (Å²) in [5, 5.41) is 5.36. The predicted molar refractivity (Wildman–Crippen MR) is 102 cm³/mol. The molecule has 0 unspecified atom stereocenters. The maximum atomic E-state index is 12.6. The summed E-state index contributed by atoms with van der Waals surface area (Å²) >= 11 is 0. The van der Waals surface area contributed by atoms with Crippen molar-refractivity contribution in [3.8, 4) is 17.2 Å². The maximum Gasteiger partial charge on any atom is 0.274 e. The molecule has 1 heterocycles. The molecule has 150 valence electrons. The van der Waals surface area contributed by atoms with Crippen molar-refractivity contribution in [2.45, 2.75) is 0 Å². The molecule has 0 saturated carbocycles. The quantitative estimate of drug-likeness (QED) is 0.629. The number of pyridine rings is 1. The fraction of sp³-hybridized carbons (Fsp3) is 0.316. The van der Waals surface area contributed by atoms with Crippen molar-refractivity contribution >= 4 is 17.5 Å². The van der Waals surface area contributed by atoms with E-state index in [4.69, 9.17) is 18.9 Å². The van der Waals surface area contributed by atoms with Crippen LogP contribution in [0.25, 0.3) is 0 Å². The third kappa shape index (κ3) is 5.10. The average molecular weight is 389 g/mol. The van der Waals surface area contributed by atoms with E-state index in [1.807, 2.05) is 0 Å². The lowest BCUT2D eigenvalue weighted by Crippen LogP contribution is -2.28. The molecule has 2 N–H and O–H groups in total. The van der Waals surface area contributed by atoms with Crippen LogP contribution >= 0.6 is 0 Å². The Bertz CT molecular complexity index is 815. The van der Waals surface area contributed by atoms with Gasteiger partial charge in [-0.25, -0.2) is 4.98 Å². The van der Waals surface area contributed by atoms with Crippen LogP contribution in [-0.4, -0.2) is 58.4 Å². The molecule has 0 bridgehead atoms. The summed E-state index contributed by atoms with van der Waals surface area (Å²) in [6.45, 7) is 0.728. The fourth-order valence-electron chi connectivity index (χ4n) is 2.39. The topological polar surface area (TPSA) is 108 Å². The summed E-state index contributed by atoms with van der Waals surface area (Å²) in [7, 11) is 6.00. The Morgan fingerprint density at radius 1 is 0.929 bits per heavy atom. The summed E-state index contributed by atoms with van der Waals surface area (Å²) in [6, 6.07) is 7.82. The smallest absolute Gasteiger partial charge is 0.274 e. The Hall–Kier alpha value is -3.33. The molecule has 2 aromatic rings. The number of methoxy groups -OCH3 is 4. The lowest BCUT2D eigenvalue weighted by Gasteiger charge is -2.14. The highest BCUT2D eigenvalue weighted by atomic mass is 16.5. The van der Waals surface area contributed by atoms with Gasteiger partial charge in [0.1, 0.15) is 11.4 Å². The van der Waals surface area contributed by atoms with E-state index in [9.17, 15) is 9.59 Å². The normalized spacial score (nSPS) is 10.1. The third-order valence-electron chi connectivity index (χ3n) is 3.73. The van der Waals surface area contributed by atoms with E-state index in [0.717, 1.165) is 0 Å². The highest BCUT2D eigenvalue weighted by molar-refractivity contribution is 6.04. The zero-order valence-corrected chi connectivity index (χ0v) is 16.2. The second-order valence-electron chi connectivity index (χ2n) is 5.52. The van der Waals surface area contributed by atoms with E-state index in [0.29, 0.717) is 36.1 Å². The van der Waals surface area contributed by atoms with Crippen LogP contribution in [0.15, 0.2) is 30.3 Å². The Morgan fingerprint density at radius 2 is 1.54 bits per heavy atom. The number of anilines is 1. The Labute approximate surface area is 163 Å². The van der Waals surface area contributed by atoms with Gasteiger partial charge in [0.15, 0.2) is 11.5 Å². The van der Waals surface area contributed by atoms with Crippen LogP contribution in [-0.2, 0) is 4.74 Å². The van der Waals surface area contributed by atoms with Crippen molar-refractivity contribution in [1.29, 1.82) is 0 Å². The molecule has 0 atom stereocenters. The van der Waals surface area contributed by atoms with Crippen LogP contribution < -0.4 is 24.8 Å². The van der Waals surface area contributed by atoms with Crippen LogP contribution in [0.1, 0.15) is 21.0 Å². The van der Waals surface area contributed by atoms with Gasteiger partial charge in [-0.05, 0) is 12.1 Å². The summed E-state index contributed by atoms with van der Waals surface area (Å²) in [5.74, 6) is 0.337. The van der Waals surface area contributed by atoms with E-state index in [1.165, 1.54) is 33.5 Å². The highest BCUT2D eigenvalue weighted by Crippen LogP contribution is 2.39. The van der Waals surface area contributed by atoms with Crippen molar-refractivity contribution in [2.24, 2.45) is 0 Å². The maximum absolute atomic E-state index is 12.6. The monoisotopic (exact) mass is 389 g/mol. The van der Waals surface area contributed by atoms with Gasteiger partial charge in [-0.1, -0.05) is 6.07 Å². The highest BCUT2D eigenvalue weighted by Gasteiger charge is 2.16. The number of hydrogen-bond donors (Lipinski definition) is 2. The molecule has 0 spiro atoms. The van der Waals surface area contributed by atoms with Crippen LogP contribution in [0, 0.1) is 0 Å². The Kier molecular flexibility index (Phi) is 7.58. The van der Waals surface area contributed by atoms with E-state index >= 15 is 0 Å². The summed E-state index contributed by atoms with van der Waals surface area (Å²) in [4.78, 5) is 28.8. The first-order chi connectivity index (χ1) is 13.5. The van der Waals surface area contributed by atoms with Gasteiger partial charge in [0.2, 0.25) is 5.75 Å². The summed E-state index contributed by atoms with van der Waals surface area (Å²) in [5.41, 5.74) is 0.651. The lowest BCUT2D eigenvalue weighted by molar-refractivity contribution is 0.0932. The SMILES string of the molecule is COCCNC(=O)c1cccc(C(=O)Nc2cc(OC)c(OC)c(OC)c2)n1. The fourth-order valence-corrected chi connectivity index (χ4v) is 2.39. The number of carbonyl (C=O) groups is 2. The van der Waals surface area contributed by atoms with Gasteiger partial charge >= 0.3 is 0 Å². The first-order valence-corrected chi connectivity index (χ1v) is 8.39. The molecular weight excluding hydrogens is 366 g/mol. The molecule has 2 amide bonds. The molecule has 2 rings (SSSR count). The molecule has 0 aliphatic carbocycles. The molecule has 0 aliphatic rings. The van der Waals surface area contributed by atoms with Crippen molar-refractivity contribution in [1.82, 2.24) is 10.3 Å². The van der Waals surface area contributed by atoms with E-state index in [1.54, 1.807) is 25.3 Å². The number of benzene rings is 1. The molecule has 9 heteroatoms. The third-order valence-corrected chi connectivity index (χ3v) is 3.73. The van der Waals surface area contributed by atoms with Crippen LogP contribution in [0.3, 0.4) is 0 Å². The Balaban J connectivity index is 2.19. The second kappa shape index (κ2) is 10.1. The van der Waals surface area contributed by atoms with E-state index in [-0.39, 0.29) is 17.3 Å². The van der Waals surface area contributed by atoms with Crippen molar-refractivity contribution in [3.05, 3.63) is 41.7 Å². The first-order valence-electron chi connectivity index (χ1n) is 8.39. The van der Waals surface area contributed by atoms with E-state index in [2.05, 4.69) is 15.6 Å². The number of rotatable bonds is 9. The number of ether oxygens (including phenoxy) is 4. The minimum absolute atomic E-state index is 0.0909. The predicted octanol–water partition coefficient (Wildman–Crippen LogP) is 1.74. The van der Waals surface area contributed by atoms with Gasteiger partial charge in [0, 0.05) is 31.5 Å². The Morgan fingerprint density at radius 3 is 2.07 bits per heavy atom.